The first-order valence-corrected chi connectivity index (χ1v) is 5.59. The van der Waals surface area contributed by atoms with Gasteiger partial charge in [0.15, 0.2) is 12.6 Å². The van der Waals surface area contributed by atoms with E-state index in [1.807, 2.05) is 0 Å². The quantitative estimate of drug-likeness (QED) is 0.491. The normalized spacial score (nSPS) is 11.4. The molecule has 0 bridgehead atoms. The van der Waals surface area contributed by atoms with E-state index in [-0.39, 0.29) is 12.2 Å². The van der Waals surface area contributed by atoms with Crippen molar-refractivity contribution in [3.8, 4) is 5.75 Å². The summed E-state index contributed by atoms with van der Waals surface area (Å²) >= 11 is 0. The van der Waals surface area contributed by atoms with E-state index < -0.39 is 30.4 Å². The van der Waals surface area contributed by atoms with E-state index in [0.717, 1.165) is 0 Å². The van der Waals surface area contributed by atoms with E-state index in [2.05, 4.69) is 5.32 Å². The Morgan fingerprint density at radius 3 is 2.30 bits per heavy atom. The van der Waals surface area contributed by atoms with Crippen LogP contribution in [0.25, 0.3) is 0 Å². The highest BCUT2D eigenvalue weighted by atomic mass is 16.5. The number of hydrogen-bond donors (Lipinski definition) is 4. The number of benzene rings is 1. The maximum Gasteiger partial charge on any atom is 0.328 e. The number of aliphatic hydroxyl groups excluding tert-OH is 1. The van der Waals surface area contributed by atoms with Crippen LogP contribution >= 0.6 is 0 Å². The summed E-state index contributed by atoms with van der Waals surface area (Å²) in [5.41, 5.74) is 5.10. The molecule has 0 radical (unpaired) electrons. The van der Waals surface area contributed by atoms with Crippen molar-refractivity contribution in [2.45, 2.75) is 6.04 Å². The second-order valence-corrected chi connectivity index (χ2v) is 3.83. The fourth-order valence-electron chi connectivity index (χ4n) is 1.28. The van der Waals surface area contributed by atoms with Crippen LogP contribution in [0, 0.1) is 0 Å². The number of aliphatic carboxylic acids is 1. The molecule has 5 N–H and O–H groups in total. The molecule has 0 aliphatic rings. The zero-order valence-electron chi connectivity index (χ0n) is 10.4. The number of amides is 2. The van der Waals surface area contributed by atoms with E-state index in [9.17, 15) is 14.4 Å². The van der Waals surface area contributed by atoms with Crippen molar-refractivity contribution in [1.82, 2.24) is 5.32 Å². The number of carboxylic acid groups (broad SMARTS) is 1. The van der Waals surface area contributed by atoms with Gasteiger partial charge < -0.3 is 26.0 Å². The molecule has 108 valence electrons. The van der Waals surface area contributed by atoms with Gasteiger partial charge in [-0.05, 0) is 24.3 Å². The van der Waals surface area contributed by atoms with Gasteiger partial charge in [-0.2, -0.15) is 0 Å². The van der Waals surface area contributed by atoms with Gasteiger partial charge in [-0.25, -0.2) is 4.79 Å². The van der Waals surface area contributed by atoms with E-state index in [1.54, 1.807) is 0 Å². The number of nitrogens with one attached hydrogen (secondary N) is 1. The summed E-state index contributed by atoms with van der Waals surface area (Å²) in [6, 6.07) is 4.29. The summed E-state index contributed by atoms with van der Waals surface area (Å²) in [4.78, 5) is 32.9. The largest absolute Gasteiger partial charge is 0.484 e. The minimum absolute atomic E-state index is 0.191. The van der Waals surface area contributed by atoms with Crippen molar-refractivity contribution in [2.75, 3.05) is 13.2 Å². The van der Waals surface area contributed by atoms with Crippen LogP contribution in [0.2, 0.25) is 0 Å². The molecule has 0 aliphatic heterocycles. The number of ether oxygens (including phenoxy) is 1. The highest BCUT2D eigenvalue weighted by Crippen LogP contribution is 2.12. The van der Waals surface area contributed by atoms with E-state index >= 15 is 0 Å². The first-order valence-electron chi connectivity index (χ1n) is 5.59. The van der Waals surface area contributed by atoms with Crippen LogP contribution in [-0.4, -0.2) is 47.3 Å². The van der Waals surface area contributed by atoms with Crippen LogP contribution in [0.1, 0.15) is 10.4 Å². The van der Waals surface area contributed by atoms with Crippen molar-refractivity contribution in [3.63, 3.8) is 0 Å². The number of carbonyl (C=O) groups excluding carboxylic acids is 2. The van der Waals surface area contributed by atoms with Gasteiger partial charge in [0, 0.05) is 5.56 Å². The molecular weight excluding hydrogens is 268 g/mol. The molecule has 2 amide bonds. The molecule has 8 nitrogen and oxygen atoms in total. The van der Waals surface area contributed by atoms with Crippen LogP contribution < -0.4 is 15.8 Å². The number of carboxylic acids is 1. The van der Waals surface area contributed by atoms with Crippen LogP contribution in [0.3, 0.4) is 0 Å². The van der Waals surface area contributed by atoms with Crippen molar-refractivity contribution in [2.24, 2.45) is 5.73 Å². The van der Waals surface area contributed by atoms with Gasteiger partial charge in [-0.15, -0.1) is 0 Å². The Kier molecular flexibility index (Phi) is 5.48. The zero-order valence-corrected chi connectivity index (χ0v) is 10.4. The Balaban J connectivity index is 2.65. The smallest absolute Gasteiger partial charge is 0.328 e. The average molecular weight is 282 g/mol. The second-order valence-electron chi connectivity index (χ2n) is 3.83. The highest BCUT2D eigenvalue weighted by Gasteiger charge is 2.19. The molecule has 0 heterocycles. The van der Waals surface area contributed by atoms with Crippen molar-refractivity contribution < 1.29 is 29.3 Å². The average Bonchev–Trinajstić information content (AvgIpc) is 2.42. The lowest BCUT2D eigenvalue weighted by Gasteiger charge is -2.11. The number of rotatable bonds is 7. The maximum atomic E-state index is 11.7. The van der Waals surface area contributed by atoms with Crippen LogP contribution in [0.15, 0.2) is 24.3 Å². The molecule has 1 atom stereocenters. The number of aliphatic hydroxyl groups is 1. The van der Waals surface area contributed by atoms with Crippen molar-refractivity contribution in [3.05, 3.63) is 29.8 Å². The van der Waals surface area contributed by atoms with Crippen molar-refractivity contribution in [1.29, 1.82) is 0 Å². The van der Waals surface area contributed by atoms with E-state index in [1.165, 1.54) is 24.3 Å². The molecule has 0 fully saturated rings. The molecule has 0 spiro atoms. The van der Waals surface area contributed by atoms with Crippen LogP contribution in [0.5, 0.6) is 5.75 Å². The third-order valence-electron chi connectivity index (χ3n) is 2.28. The Hall–Kier alpha value is -2.61. The molecule has 1 unspecified atom stereocenters. The predicted octanol–water partition coefficient (Wildman–Crippen LogP) is -1.27. The fourth-order valence-corrected chi connectivity index (χ4v) is 1.28. The number of nitrogens with two attached hydrogens (primary N) is 1. The SMILES string of the molecule is NC(=O)COc1ccc(C(=O)NC(CO)C(=O)O)cc1. The maximum absolute atomic E-state index is 11.7. The lowest BCUT2D eigenvalue weighted by molar-refractivity contribution is -0.140. The summed E-state index contributed by atoms with van der Waals surface area (Å²) < 4.78 is 5.00. The van der Waals surface area contributed by atoms with Gasteiger partial charge in [0.05, 0.1) is 6.61 Å². The minimum atomic E-state index is -1.37. The van der Waals surface area contributed by atoms with E-state index in [0.29, 0.717) is 5.75 Å². The Bertz CT molecular complexity index is 499. The number of hydrogen-bond acceptors (Lipinski definition) is 5. The lowest BCUT2D eigenvalue weighted by Crippen LogP contribution is -2.43. The van der Waals surface area contributed by atoms with Crippen molar-refractivity contribution >= 4 is 17.8 Å². The van der Waals surface area contributed by atoms with Gasteiger partial charge in [-0.3, -0.25) is 9.59 Å². The third-order valence-corrected chi connectivity index (χ3v) is 2.28. The van der Waals surface area contributed by atoms with Gasteiger partial charge in [0.25, 0.3) is 11.8 Å². The standard InChI is InChI=1S/C12H14N2O6/c13-10(16)6-20-8-3-1-7(2-4-8)11(17)14-9(5-15)12(18)19/h1-4,9,15H,5-6H2,(H2,13,16)(H,14,17)(H,18,19). The van der Waals surface area contributed by atoms with Gasteiger partial charge in [0.1, 0.15) is 5.75 Å². The van der Waals surface area contributed by atoms with E-state index in [4.69, 9.17) is 20.7 Å². The fraction of sp³-hybridized carbons (Fsp3) is 0.250. The molecule has 0 saturated heterocycles. The molecule has 20 heavy (non-hydrogen) atoms. The first-order chi connectivity index (χ1) is 9.43. The number of carbonyl (C=O) groups is 3. The Labute approximate surface area is 114 Å². The highest BCUT2D eigenvalue weighted by molar-refractivity contribution is 5.96. The summed E-state index contributed by atoms with van der Waals surface area (Å²) in [5, 5.41) is 19.6. The van der Waals surface area contributed by atoms with Crippen LogP contribution in [0.4, 0.5) is 0 Å². The Morgan fingerprint density at radius 2 is 1.85 bits per heavy atom. The first kappa shape index (κ1) is 15.4. The van der Waals surface area contributed by atoms with Gasteiger partial charge in [-0.1, -0.05) is 0 Å². The van der Waals surface area contributed by atoms with Crippen LogP contribution in [-0.2, 0) is 9.59 Å². The molecule has 1 rings (SSSR count). The molecule has 0 aliphatic carbocycles. The predicted molar refractivity (Wildman–Crippen MR) is 67.1 cm³/mol. The molecule has 8 heteroatoms. The number of primary amides is 1. The molecule has 1 aromatic rings. The molecular formula is C12H14N2O6. The summed E-state index contributed by atoms with van der Waals surface area (Å²) in [5.74, 6) is -2.26. The van der Waals surface area contributed by atoms with Gasteiger partial charge >= 0.3 is 5.97 Å². The molecule has 1 aromatic carbocycles. The molecule has 0 aromatic heterocycles. The second kappa shape index (κ2) is 7.10. The Morgan fingerprint density at radius 1 is 1.25 bits per heavy atom. The minimum Gasteiger partial charge on any atom is -0.484 e. The molecule has 0 saturated carbocycles. The monoisotopic (exact) mass is 282 g/mol. The lowest BCUT2D eigenvalue weighted by atomic mass is 10.2. The van der Waals surface area contributed by atoms with Gasteiger partial charge in [0.2, 0.25) is 0 Å². The summed E-state index contributed by atoms with van der Waals surface area (Å²) in [6.45, 7) is -0.988. The zero-order chi connectivity index (χ0) is 15.1. The summed E-state index contributed by atoms with van der Waals surface area (Å²) in [7, 11) is 0. The summed E-state index contributed by atoms with van der Waals surface area (Å²) in [6.07, 6.45) is 0. The third kappa shape index (κ3) is 4.58. The topological polar surface area (TPSA) is 139 Å².